The first-order valence-electron chi connectivity index (χ1n) is 4.84. The fraction of sp³-hybridized carbons (Fsp3) is 0.364. The molecule has 0 aromatic heterocycles. The van der Waals surface area contributed by atoms with E-state index in [-0.39, 0.29) is 10.5 Å². The minimum Gasteiger partial charge on any atom is -0.478 e. The van der Waals surface area contributed by atoms with Crippen LogP contribution in [-0.2, 0) is 16.3 Å². The van der Waals surface area contributed by atoms with Gasteiger partial charge in [0.1, 0.15) is 0 Å². The Labute approximate surface area is 94.8 Å². The zero-order chi connectivity index (χ0) is 12.5. The molecule has 0 aliphatic heterocycles. The molecule has 0 heterocycles. The van der Waals surface area contributed by atoms with Crippen molar-refractivity contribution in [3.05, 3.63) is 28.8 Å². The fourth-order valence-corrected chi connectivity index (χ4v) is 2.81. The SMILES string of the molecule is CCc1c(S(C)(=O)=O)ccc(C(=O)O)c1C. The normalized spacial score (nSPS) is 11.4. The summed E-state index contributed by atoms with van der Waals surface area (Å²) >= 11 is 0. The summed E-state index contributed by atoms with van der Waals surface area (Å²) in [5.74, 6) is -1.03. The highest BCUT2D eigenvalue weighted by atomic mass is 32.2. The molecule has 0 saturated heterocycles. The Bertz CT molecular complexity index is 529. The standard InChI is InChI=1S/C11H14O4S/c1-4-8-7(2)9(11(12)13)5-6-10(8)16(3,14)15/h5-6H,4H2,1-3H3,(H,12,13). The smallest absolute Gasteiger partial charge is 0.335 e. The Kier molecular flexibility index (Phi) is 3.38. The van der Waals surface area contributed by atoms with E-state index in [4.69, 9.17) is 5.11 Å². The van der Waals surface area contributed by atoms with Crippen molar-refractivity contribution >= 4 is 15.8 Å². The first kappa shape index (κ1) is 12.7. The van der Waals surface area contributed by atoms with Crippen LogP contribution in [0, 0.1) is 6.92 Å². The summed E-state index contributed by atoms with van der Waals surface area (Å²) in [5.41, 5.74) is 1.27. The predicted octanol–water partition coefficient (Wildman–Crippen LogP) is 1.66. The van der Waals surface area contributed by atoms with Crippen molar-refractivity contribution < 1.29 is 18.3 Å². The Morgan fingerprint density at radius 2 is 1.94 bits per heavy atom. The van der Waals surface area contributed by atoms with E-state index in [0.717, 1.165) is 6.26 Å². The molecule has 1 aromatic rings. The molecule has 0 amide bonds. The van der Waals surface area contributed by atoms with Crippen LogP contribution < -0.4 is 0 Å². The van der Waals surface area contributed by atoms with Gasteiger partial charge in [-0.15, -0.1) is 0 Å². The summed E-state index contributed by atoms with van der Waals surface area (Å²) in [4.78, 5) is 11.1. The third-order valence-corrected chi connectivity index (χ3v) is 3.72. The molecule has 4 nitrogen and oxygen atoms in total. The van der Waals surface area contributed by atoms with Gasteiger partial charge in [0.05, 0.1) is 10.5 Å². The van der Waals surface area contributed by atoms with Crippen LogP contribution in [-0.4, -0.2) is 25.7 Å². The maximum absolute atomic E-state index is 11.5. The number of aromatic carboxylic acids is 1. The fourth-order valence-electron chi connectivity index (χ4n) is 1.75. The van der Waals surface area contributed by atoms with Crippen molar-refractivity contribution in [2.45, 2.75) is 25.2 Å². The van der Waals surface area contributed by atoms with Gasteiger partial charge in [0.25, 0.3) is 0 Å². The van der Waals surface area contributed by atoms with Gasteiger partial charge in [-0.1, -0.05) is 6.92 Å². The third-order valence-electron chi connectivity index (χ3n) is 2.54. The molecule has 1 aromatic carbocycles. The van der Waals surface area contributed by atoms with Gasteiger partial charge < -0.3 is 5.11 Å². The van der Waals surface area contributed by atoms with E-state index >= 15 is 0 Å². The van der Waals surface area contributed by atoms with Gasteiger partial charge >= 0.3 is 5.97 Å². The van der Waals surface area contributed by atoms with E-state index in [1.807, 2.05) is 6.92 Å². The number of sulfone groups is 1. The average Bonchev–Trinajstić information content (AvgIpc) is 2.15. The molecule has 0 saturated carbocycles. The highest BCUT2D eigenvalue weighted by molar-refractivity contribution is 7.90. The van der Waals surface area contributed by atoms with Crippen LogP contribution in [0.2, 0.25) is 0 Å². The van der Waals surface area contributed by atoms with Crippen LogP contribution in [0.3, 0.4) is 0 Å². The molecule has 5 heteroatoms. The van der Waals surface area contributed by atoms with Crippen LogP contribution in [0.5, 0.6) is 0 Å². The summed E-state index contributed by atoms with van der Waals surface area (Å²) in [6, 6.07) is 2.71. The molecular formula is C11H14O4S. The number of benzene rings is 1. The second kappa shape index (κ2) is 4.25. The van der Waals surface area contributed by atoms with Crippen molar-refractivity contribution in [3.8, 4) is 0 Å². The molecule has 0 bridgehead atoms. The van der Waals surface area contributed by atoms with Gasteiger partial charge in [0.15, 0.2) is 9.84 Å². The van der Waals surface area contributed by atoms with Crippen molar-refractivity contribution in [2.24, 2.45) is 0 Å². The first-order chi connectivity index (χ1) is 7.29. The van der Waals surface area contributed by atoms with Crippen LogP contribution in [0.15, 0.2) is 17.0 Å². The number of carbonyl (C=O) groups is 1. The van der Waals surface area contributed by atoms with Crippen molar-refractivity contribution in [1.82, 2.24) is 0 Å². The molecule has 0 aliphatic rings. The second-order valence-corrected chi connectivity index (χ2v) is 5.63. The summed E-state index contributed by atoms with van der Waals surface area (Å²) in [6.07, 6.45) is 1.62. The lowest BCUT2D eigenvalue weighted by Gasteiger charge is -2.11. The van der Waals surface area contributed by atoms with Gasteiger partial charge in [0, 0.05) is 6.26 Å². The molecule has 0 unspecified atom stereocenters. The molecule has 88 valence electrons. The Hall–Kier alpha value is -1.36. The van der Waals surface area contributed by atoms with Crippen LogP contribution in [0.4, 0.5) is 0 Å². The quantitative estimate of drug-likeness (QED) is 0.875. The third kappa shape index (κ3) is 2.24. The zero-order valence-electron chi connectivity index (χ0n) is 9.44. The van der Waals surface area contributed by atoms with Gasteiger partial charge in [-0.05, 0) is 36.6 Å². The first-order valence-corrected chi connectivity index (χ1v) is 6.74. The number of hydrogen-bond donors (Lipinski definition) is 1. The summed E-state index contributed by atoms with van der Waals surface area (Å²) in [7, 11) is -3.30. The van der Waals surface area contributed by atoms with E-state index in [2.05, 4.69) is 0 Å². The number of rotatable bonds is 3. The van der Waals surface area contributed by atoms with Gasteiger partial charge in [0.2, 0.25) is 0 Å². The lowest BCUT2D eigenvalue weighted by Crippen LogP contribution is -2.08. The largest absolute Gasteiger partial charge is 0.478 e. The lowest BCUT2D eigenvalue weighted by atomic mass is 10.0. The number of carboxylic acids is 1. The lowest BCUT2D eigenvalue weighted by molar-refractivity contribution is 0.0696. The van der Waals surface area contributed by atoms with Crippen LogP contribution in [0.25, 0.3) is 0 Å². The molecule has 16 heavy (non-hydrogen) atoms. The maximum Gasteiger partial charge on any atom is 0.335 e. The van der Waals surface area contributed by atoms with E-state index in [9.17, 15) is 13.2 Å². The molecular weight excluding hydrogens is 228 g/mol. The number of hydrogen-bond acceptors (Lipinski definition) is 3. The Balaban J connectivity index is 3.60. The maximum atomic E-state index is 11.5. The van der Waals surface area contributed by atoms with Gasteiger partial charge in [-0.3, -0.25) is 0 Å². The molecule has 1 N–H and O–H groups in total. The molecule has 0 aliphatic carbocycles. The molecule has 0 radical (unpaired) electrons. The molecule has 0 fully saturated rings. The second-order valence-electron chi connectivity index (χ2n) is 3.65. The topological polar surface area (TPSA) is 71.4 Å². The monoisotopic (exact) mass is 242 g/mol. The predicted molar refractivity (Wildman–Crippen MR) is 60.6 cm³/mol. The number of carboxylic acid groups (broad SMARTS) is 1. The van der Waals surface area contributed by atoms with E-state index in [1.165, 1.54) is 12.1 Å². The summed E-state index contributed by atoms with van der Waals surface area (Å²) in [6.45, 7) is 3.44. The van der Waals surface area contributed by atoms with Crippen molar-refractivity contribution in [2.75, 3.05) is 6.26 Å². The highest BCUT2D eigenvalue weighted by Crippen LogP contribution is 2.23. The van der Waals surface area contributed by atoms with Gasteiger partial charge in [-0.2, -0.15) is 0 Å². The Morgan fingerprint density at radius 3 is 2.31 bits per heavy atom. The molecule has 1 rings (SSSR count). The van der Waals surface area contributed by atoms with Gasteiger partial charge in [-0.25, -0.2) is 13.2 Å². The molecule has 0 atom stereocenters. The van der Waals surface area contributed by atoms with Crippen molar-refractivity contribution in [1.29, 1.82) is 0 Å². The van der Waals surface area contributed by atoms with E-state index in [0.29, 0.717) is 17.5 Å². The van der Waals surface area contributed by atoms with Crippen LogP contribution in [0.1, 0.15) is 28.4 Å². The van der Waals surface area contributed by atoms with E-state index in [1.54, 1.807) is 6.92 Å². The summed E-state index contributed by atoms with van der Waals surface area (Å²) in [5, 5.41) is 8.93. The van der Waals surface area contributed by atoms with Crippen molar-refractivity contribution in [3.63, 3.8) is 0 Å². The van der Waals surface area contributed by atoms with E-state index < -0.39 is 15.8 Å². The minimum atomic E-state index is -3.30. The molecule has 0 spiro atoms. The Morgan fingerprint density at radius 1 is 1.38 bits per heavy atom. The summed E-state index contributed by atoms with van der Waals surface area (Å²) < 4.78 is 23.0. The average molecular weight is 242 g/mol. The highest BCUT2D eigenvalue weighted by Gasteiger charge is 2.18. The van der Waals surface area contributed by atoms with Crippen LogP contribution >= 0.6 is 0 Å². The minimum absolute atomic E-state index is 0.157. The zero-order valence-corrected chi connectivity index (χ0v) is 10.3.